The highest BCUT2D eigenvalue weighted by Crippen LogP contribution is 2.31. The predicted octanol–water partition coefficient (Wildman–Crippen LogP) is 2.68. The molecule has 0 amide bonds. The molecular weight excluding hydrogens is 226 g/mol. The molecule has 1 unspecified atom stereocenters. The van der Waals surface area contributed by atoms with Crippen molar-refractivity contribution < 1.29 is 0 Å². The number of allylic oxidation sites excluding steroid dienone is 1. The first kappa shape index (κ1) is 11.2. The van der Waals surface area contributed by atoms with E-state index in [0.29, 0.717) is 5.92 Å². The van der Waals surface area contributed by atoms with Gasteiger partial charge in [0.05, 0.1) is 0 Å². The number of hydrogen-bond donors (Lipinski definition) is 1. The number of rotatable bonds is 3. The van der Waals surface area contributed by atoms with Crippen molar-refractivity contribution in [2.75, 3.05) is 0 Å². The lowest BCUT2D eigenvalue weighted by Crippen LogP contribution is -2.11. The van der Waals surface area contributed by atoms with Crippen LogP contribution in [0.3, 0.4) is 0 Å². The van der Waals surface area contributed by atoms with Crippen LogP contribution in [0.25, 0.3) is 11.2 Å². The molecule has 2 aromatic rings. The Morgan fingerprint density at radius 3 is 3.17 bits per heavy atom. The minimum absolute atomic E-state index is 0.486. The molecule has 0 spiro atoms. The zero-order valence-corrected chi connectivity index (χ0v) is 10.7. The Hall–Kier alpha value is -1.91. The Labute approximate surface area is 106 Å². The molecular formula is C13H17N5. The van der Waals surface area contributed by atoms with Crippen LogP contribution in [0.4, 0.5) is 0 Å². The average Bonchev–Trinajstić information content (AvgIpc) is 2.92. The molecule has 0 saturated heterocycles. The predicted molar refractivity (Wildman–Crippen MR) is 71.4 cm³/mol. The average molecular weight is 243 g/mol. The van der Waals surface area contributed by atoms with Crippen LogP contribution in [0.2, 0.25) is 0 Å². The number of H-pyrrole nitrogens is 1. The van der Waals surface area contributed by atoms with Gasteiger partial charge in [-0.15, -0.1) is 10.2 Å². The Morgan fingerprint density at radius 2 is 2.39 bits per heavy atom. The standard InChI is InChI=1S/C13H17N5/c1-3-4-10-5-9(2)11(6-14-10)12-7-16-18-8-15-17-13(12)18/h6-9,16H,3-5H2,1-2H3. The van der Waals surface area contributed by atoms with E-state index in [1.165, 1.54) is 11.3 Å². The monoisotopic (exact) mass is 243 g/mol. The van der Waals surface area contributed by atoms with Crippen molar-refractivity contribution in [3.05, 3.63) is 24.3 Å². The van der Waals surface area contributed by atoms with Gasteiger partial charge in [0, 0.05) is 23.7 Å². The van der Waals surface area contributed by atoms with Crippen molar-refractivity contribution in [2.24, 2.45) is 10.9 Å². The molecule has 1 aliphatic rings. The maximum Gasteiger partial charge on any atom is 0.184 e. The second-order valence-corrected chi connectivity index (χ2v) is 4.85. The van der Waals surface area contributed by atoms with Gasteiger partial charge in [-0.3, -0.25) is 10.1 Å². The molecule has 5 heteroatoms. The molecule has 0 fully saturated rings. The lowest BCUT2D eigenvalue weighted by Gasteiger charge is -2.19. The molecule has 1 N–H and O–H groups in total. The molecule has 5 nitrogen and oxygen atoms in total. The summed E-state index contributed by atoms with van der Waals surface area (Å²) >= 11 is 0. The van der Waals surface area contributed by atoms with Crippen LogP contribution in [0.5, 0.6) is 0 Å². The Balaban J connectivity index is 1.99. The lowest BCUT2D eigenvalue weighted by atomic mass is 9.89. The van der Waals surface area contributed by atoms with Gasteiger partial charge in [0.2, 0.25) is 0 Å². The first-order valence-corrected chi connectivity index (χ1v) is 6.42. The summed E-state index contributed by atoms with van der Waals surface area (Å²) in [6.07, 6.45) is 8.96. The van der Waals surface area contributed by atoms with Gasteiger partial charge in [-0.25, -0.2) is 4.52 Å². The number of nitrogens with one attached hydrogen (secondary N) is 1. The van der Waals surface area contributed by atoms with E-state index in [4.69, 9.17) is 0 Å². The molecule has 0 saturated carbocycles. The van der Waals surface area contributed by atoms with Crippen LogP contribution in [0.1, 0.15) is 38.7 Å². The van der Waals surface area contributed by atoms with Crippen molar-refractivity contribution in [3.63, 3.8) is 0 Å². The van der Waals surface area contributed by atoms with Crippen LogP contribution in [-0.4, -0.2) is 25.5 Å². The fraction of sp³-hybridized carbons (Fsp3) is 0.462. The topological polar surface area (TPSA) is 58.3 Å². The molecule has 2 aromatic heterocycles. The van der Waals surface area contributed by atoms with Crippen LogP contribution >= 0.6 is 0 Å². The van der Waals surface area contributed by atoms with Crippen molar-refractivity contribution in [1.82, 2.24) is 19.8 Å². The van der Waals surface area contributed by atoms with Gasteiger partial charge in [-0.05, 0) is 24.3 Å². The van der Waals surface area contributed by atoms with Crippen LogP contribution in [-0.2, 0) is 0 Å². The number of nitrogens with zero attached hydrogens (tertiary/aromatic N) is 4. The molecule has 0 radical (unpaired) electrons. The van der Waals surface area contributed by atoms with Crippen LogP contribution in [0, 0.1) is 5.92 Å². The number of aliphatic imine (C=N–C) groups is 1. The smallest absolute Gasteiger partial charge is 0.184 e. The highest BCUT2D eigenvalue weighted by Gasteiger charge is 2.20. The quantitative estimate of drug-likeness (QED) is 0.901. The highest BCUT2D eigenvalue weighted by atomic mass is 15.3. The summed E-state index contributed by atoms with van der Waals surface area (Å²) in [7, 11) is 0. The third-order valence-corrected chi connectivity index (χ3v) is 3.45. The summed E-state index contributed by atoms with van der Waals surface area (Å²) in [6, 6.07) is 0. The number of fused-ring (bicyclic) bond motifs is 1. The Morgan fingerprint density at radius 1 is 1.50 bits per heavy atom. The molecule has 0 aliphatic carbocycles. The number of aromatic amines is 1. The number of aromatic nitrogens is 4. The SMILES string of the molecule is CCCC1=NC=C(c2c[nH]n3cnnc23)C(C)C1. The fourth-order valence-electron chi connectivity index (χ4n) is 2.52. The van der Waals surface area contributed by atoms with Crippen molar-refractivity contribution in [1.29, 1.82) is 0 Å². The van der Waals surface area contributed by atoms with E-state index < -0.39 is 0 Å². The summed E-state index contributed by atoms with van der Waals surface area (Å²) in [5.74, 6) is 0.486. The number of hydrogen-bond acceptors (Lipinski definition) is 3. The minimum Gasteiger partial charge on any atom is -0.298 e. The molecule has 3 rings (SSSR count). The van der Waals surface area contributed by atoms with E-state index in [-0.39, 0.29) is 0 Å². The maximum absolute atomic E-state index is 4.58. The molecule has 1 aliphatic heterocycles. The molecule has 94 valence electrons. The third-order valence-electron chi connectivity index (χ3n) is 3.45. The van der Waals surface area contributed by atoms with Gasteiger partial charge < -0.3 is 0 Å². The first-order valence-electron chi connectivity index (χ1n) is 6.42. The zero-order valence-electron chi connectivity index (χ0n) is 10.7. The summed E-state index contributed by atoms with van der Waals surface area (Å²) in [6.45, 7) is 4.44. The van der Waals surface area contributed by atoms with Crippen LogP contribution in [0.15, 0.2) is 23.7 Å². The summed E-state index contributed by atoms with van der Waals surface area (Å²) in [4.78, 5) is 4.58. The lowest BCUT2D eigenvalue weighted by molar-refractivity contribution is 0.759. The summed E-state index contributed by atoms with van der Waals surface area (Å²) in [5.41, 5.74) is 4.54. The van der Waals surface area contributed by atoms with E-state index in [0.717, 1.165) is 30.5 Å². The molecule has 0 aromatic carbocycles. The maximum atomic E-state index is 4.58. The highest BCUT2D eigenvalue weighted by molar-refractivity contribution is 5.91. The third kappa shape index (κ3) is 1.75. The van der Waals surface area contributed by atoms with E-state index in [2.05, 4.69) is 34.1 Å². The van der Waals surface area contributed by atoms with Gasteiger partial charge in [0.1, 0.15) is 6.33 Å². The molecule has 3 heterocycles. The van der Waals surface area contributed by atoms with Crippen molar-refractivity contribution in [3.8, 4) is 0 Å². The molecule has 18 heavy (non-hydrogen) atoms. The molecule has 1 atom stereocenters. The van der Waals surface area contributed by atoms with Gasteiger partial charge >= 0.3 is 0 Å². The largest absolute Gasteiger partial charge is 0.298 e. The van der Waals surface area contributed by atoms with Crippen molar-refractivity contribution >= 4 is 16.9 Å². The first-order chi connectivity index (χ1) is 8.79. The van der Waals surface area contributed by atoms with E-state index >= 15 is 0 Å². The van der Waals surface area contributed by atoms with Gasteiger partial charge in [0.15, 0.2) is 5.65 Å². The molecule has 0 bridgehead atoms. The van der Waals surface area contributed by atoms with E-state index in [1.807, 2.05) is 16.9 Å². The normalized spacial score (nSPS) is 20.0. The minimum atomic E-state index is 0.486. The Bertz CT molecular complexity index is 616. The summed E-state index contributed by atoms with van der Waals surface area (Å²) < 4.78 is 1.83. The summed E-state index contributed by atoms with van der Waals surface area (Å²) in [5, 5.41) is 11.2. The van der Waals surface area contributed by atoms with E-state index in [1.54, 1.807) is 6.33 Å². The van der Waals surface area contributed by atoms with Crippen molar-refractivity contribution in [2.45, 2.75) is 33.1 Å². The second kappa shape index (κ2) is 4.40. The van der Waals surface area contributed by atoms with Gasteiger partial charge in [-0.1, -0.05) is 20.3 Å². The Kier molecular flexibility index (Phi) is 2.74. The van der Waals surface area contributed by atoms with E-state index in [9.17, 15) is 0 Å². The fourth-order valence-corrected chi connectivity index (χ4v) is 2.52. The van der Waals surface area contributed by atoms with Crippen LogP contribution < -0.4 is 0 Å². The zero-order chi connectivity index (χ0) is 12.5. The van der Waals surface area contributed by atoms with Gasteiger partial charge in [-0.2, -0.15) is 0 Å². The van der Waals surface area contributed by atoms with Gasteiger partial charge in [0.25, 0.3) is 0 Å². The second-order valence-electron chi connectivity index (χ2n) is 4.85.